The van der Waals surface area contributed by atoms with Crippen LogP contribution in [0, 0.1) is 0 Å². The summed E-state index contributed by atoms with van der Waals surface area (Å²) in [6, 6.07) is 20.1. The Balaban J connectivity index is 1.59. The number of aryl methyl sites for hydroxylation is 1. The van der Waals surface area contributed by atoms with Gasteiger partial charge in [-0.1, -0.05) is 53.8 Å². The number of para-hydroxylation sites is 1. The summed E-state index contributed by atoms with van der Waals surface area (Å²) in [6.45, 7) is 0.295. The Labute approximate surface area is 164 Å². The molecule has 4 rings (SSSR count). The first kappa shape index (κ1) is 17.9. The smallest absolute Gasteiger partial charge is 0.291 e. The van der Waals surface area contributed by atoms with E-state index in [0.717, 1.165) is 15.8 Å². The number of carbonyl (C=O) groups is 1. The Bertz CT molecular complexity index is 1270. The maximum atomic E-state index is 12.5. The van der Waals surface area contributed by atoms with Crippen molar-refractivity contribution in [1.29, 1.82) is 0 Å². The van der Waals surface area contributed by atoms with Gasteiger partial charge in [0.1, 0.15) is 0 Å². The highest BCUT2D eigenvalue weighted by atomic mass is 32.1. The van der Waals surface area contributed by atoms with Gasteiger partial charge in [-0.2, -0.15) is 5.10 Å². The number of hydrogen-bond donors (Lipinski definition) is 1. The molecule has 7 nitrogen and oxygen atoms in total. The number of nitrogens with one attached hydrogen (secondary N) is 1. The van der Waals surface area contributed by atoms with Crippen LogP contribution < -0.4 is 15.8 Å². The zero-order chi connectivity index (χ0) is 19.5. The number of thiazole rings is 1. The maximum Gasteiger partial charge on any atom is 0.291 e. The molecule has 140 valence electrons. The van der Waals surface area contributed by atoms with Gasteiger partial charge in [0.15, 0.2) is 5.69 Å². The zero-order valence-corrected chi connectivity index (χ0v) is 15.9. The minimum atomic E-state index is -0.473. The van der Waals surface area contributed by atoms with E-state index in [1.54, 1.807) is 0 Å². The van der Waals surface area contributed by atoms with Crippen molar-refractivity contribution < 1.29 is 4.79 Å². The van der Waals surface area contributed by atoms with Crippen LogP contribution in [0.5, 0.6) is 0 Å². The molecule has 28 heavy (non-hydrogen) atoms. The molecule has 8 heteroatoms. The average molecular weight is 391 g/mol. The minimum absolute atomic E-state index is 0.128. The summed E-state index contributed by atoms with van der Waals surface area (Å²) < 4.78 is 4.25. The van der Waals surface area contributed by atoms with Crippen molar-refractivity contribution in [1.82, 2.24) is 19.8 Å². The number of rotatable bonds is 4. The summed E-state index contributed by atoms with van der Waals surface area (Å²) in [7, 11) is 1.89. The molecule has 0 bridgehead atoms. The Hall–Kier alpha value is -3.52. The van der Waals surface area contributed by atoms with Gasteiger partial charge in [0, 0.05) is 13.1 Å². The van der Waals surface area contributed by atoms with Gasteiger partial charge in [-0.25, -0.2) is 10.1 Å². The number of hydrogen-bond acceptors (Lipinski definition) is 5. The van der Waals surface area contributed by atoms with Crippen LogP contribution in [0.1, 0.15) is 16.1 Å². The van der Waals surface area contributed by atoms with Crippen LogP contribution in [0.2, 0.25) is 0 Å². The van der Waals surface area contributed by atoms with Gasteiger partial charge < -0.3 is 4.57 Å². The van der Waals surface area contributed by atoms with Gasteiger partial charge >= 0.3 is 0 Å². The van der Waals surface area contributed by atoms with Crippen molar-refractivity contribution in [3.05, 3.63) is 93.1 Å². The van der Waals surface area contributed by atoms with Crippen LogP contribution in [-0.4, -0.2) is 20.3 Å². The van der Waals surface area contributed by atoms with E-state index in [1.165, 1.54) is 28.2 Å². The second-order valence-corrected chi connectivity index (χ2v) is 7.17. The minimum Gasteiger partial charge on any atom is -0.318 e. The highest BCUT2D eigenvalue weighted by Crippen LogP contribution is 2.14. The second-order valence-electron chi connectivity index (χ2n) is 6.16. The molecule has 0 fully saturated rings. The third kappa shape index (κ3) is 3.63. The number of benzene rings is 2. The van der Waals surface area contributed by atoms with Crippen molar-refractivity contribution in [3.8, 4) is 0 Å². The molecular formula is C20H17N5O2S. The molecule has 2 aromatic heterocycles. The van der Waals surface area contributed by atoms with Crippen LogP contribution in [0.3, 0.4) is 0 Å². The topological polar surface area (TPSA) is 81.3 Å². The molecule has 0 spiro atoms. The molecule has 1 N–H and O–H groups in total. The molecule has 0 unspecified atom stereocenters. The van der Waals surface area contributed by atoms with Crippen molar-refractivity contribution in [2.45, 2.75) is 6.54 Å². The van der Waals surface area contributed by atoms with Gasteiger partial charge in [-0.15, -0.1) is 5.10 Å². The van der Waals surface area contributed by atoms with Crippen LogP contribution in [0.15, 0.2) is 76.6 Å². The Morgan fingerprint density at radius 1 is 1.07 bits per heavy atom. The van der Waals surface area contributed by atoms with E-state index < -0.39 is 5.91 Å². The van der Waals surface area contributed by atoms with E-state index in [1.807, 2.05) is 66.2 Å². The molecular weight excluding hydrogens is 374 g/mol. The predicted octanol–water partition coefficient (Wildman–Crippen LogP) is 2.09. The van der Waals surface area contributed by atoms with Crippen LogP contribution in [0.4, 0.5) is 0 Å². The number of aromatic nitrogens is 3. The van der Waals surface area contributed by atoms with Gasteiger partial charge in [-0.3, -0.25) is 9.59 Å². The molecule has 0 aliphatic heterocycles. The van der Waals surface area contributed by atoms with Crippen molar-refractivity contribution in [2.24, 2.45) is 12.1 Å². The number of nitrogens with zero attached hydrogens (tertiary/aromatic N) is 4. The average Bonchev–Trinajstić information content (AvgIpc) is 3.04. The van der Waals surface area contributed by atoms with Gasteiger partial charge in [0.25, 0.3) is 11.5 Å². The lowest BCUT2D eigenvalue weighted by Crippen LogP contribution is -2.29. The highest BCUT2D eigenvalue weighted by Gasteiger charge is 2.10. The quantitative estimate of drug-likeness (QED) is 0.541. The lowest BCUT2D eigenvalue weighted by molar-refractivity contribution is 0.0945. The SMILES string of the molecule is Cn1/c(=N/NC(=O)c2ccc(=O)n(Cc3ccccc3)n2)sc2ccccc21. The van der Waals surface area contributed by atoms with Gasteiger partial charge in [0.2, 0.25) is 4.80 Å². The van der Waals surface area contributed by atoms with Crippen LogP contribution >= 0.6 is 11.3 Å². The molecule has 0 radical (unpaired) electrons. The molecule has 4 aromatic rings. The Kier molecular flexibility index (Phi) is 4.86. The van der Waals surface area contributed by atoms with E-state index in [9.17, 15) is 9.59 Å². The van der Waals surface area contributed by atoms with E-state index in [4.69, 9.17) is 0 Å². The summed E-state index contributed by atoms with van der Waals surface area (Å²) in [4.78, 5) is 25.2. The Morgan fingerprint density at radius 2 is 1.82 bits per heavy atom. The number of fused-ring (bicyclic) bond motifs is 1. The molecule has 2 heterocycles. The van der Waals surface area contributed by atoms with Crippen molar-refractivity contribution in [3.63, 3.8) is 0 Å². The fraction of sp³-hybridized carbons (Fsp3) is 0.100. The third-order valence-electron chi connectivity index (χ3n) is 4.24. The first-order chi connectivity index (χ1) is 13.6. The van der Waals surface area contributed by atoms with E-state index in [0.29, 0.717) is 11.3 Å². The lowest BCUT2D eigenvalue weighted by Gasteiger charge is -2.06. The summed E-state index contributed by atoms with van der Waals surface area (Å²) in [6.07, 6.45) is 0. The third-order valence-corrected chi connectivity index (χ3v) is 5.36. The molecule has 0 aliphatic carbocycles. The standard InChI is InChI=1S/C20H17N5O2S/c1-24-16-9-5-6-10-17(16)28-20(24)22-21-19(27)15-11-12-18(26)25(23-15)13-14-7-3-2-4-8-14/h2-12H,13H2,1H3,(H,21,27)/b22-20-. The van der Waals surface area contributed by atoms with Crippen LogP contribution in [0.25, 0.3) is 10.2 Å². The first-order valence-electron chi connectivity index (χ1n) is 8.62. The summed E-state index contributed by atoms with van der Waals surface area (Å²) >= 11 is 1.47. The molecule has 0 saturated carbocycles. The fourth-order valence-electron chi connectivity index (χ4n) is 2.78. The second kappa shape index (κ2) is 7.61. The summed E-state index contributed by atoms with van der Waals surface area (Å²) in [5, 5.41) is 8.38. The largest absolute Gasteiger partial charge is 0.318 e. The van der Waals surface area contributed by atoms with Crippen LogP contribution in [-0.2, 0) is 13.6 Å². The van der Waals surface area contributed by atoms with E-state index in [2.05, 4.69) is 15.6 Å². The molecule has 1 amide bonds. The normalized spacial score (nSPS) is 11.7. The lowest BCUT2D eigenvalue weighted by atomic mass is 10.2. The zero-order valence-electron chi connectivity index (χ0n) is 15.1. The number of carbonyl (C=O) groups excluding carboxylic acids is 1. The predicted molar refractivity (Wildman–Crippen MR) is 108 cm³/mol. The maximum absolute atomic E-state index is 12.5. The highest BCUT2D eigenvalue weighted by molar-refractivity contribution is 7.16. The van der Waals surface area contributed by atoms with E-state index in [-0.39, 0.29) is 11.3 Å². The van der Waals surface area contributed by atoms with Gasteiger partial charge in [0.05, 0.1) is 16.8 Å². The molecule has 2 aromatic carbocycles. The van der Waals surface area contributed by atoms with E-state index >= 15 is 0 Å². The first-order valence-corrected chi connectivity index (χ1v) is 9.44. The molecule has 0 aliphatic rings. The van der Waals surface area contributed by atoms with Crippen molar-refractivity contribution >= 4 is 27.5 Å². The fourth-order valence-corrected chi connectivity index (χ4v) is 3.76. The molecule has 0 saturated heterocycles. The summed E-state index contributed by atoms with van der Waals surface area (Å²) in [5.74, 6) is -0.473. The number of amides is 1. The molecule has 0 atom stereocenters. The Morgan fingerprint density at radius 3 is 2.61 bits per heavy atom. The van der Waals surface area contributed by atoms with Crippen molar-refractivity contribution in [2.75, 3.05) is 0 Å². The van der Waals surface area contributed by atoms with Gasteiger partial charge in [-0.05, 0) is 23.8 Å². The monoisotopic (exact) mass is 391 g/mol. The summed E-state index contributed by atoms with van der Waals surface area (Å²) in [5.41, 5.74) is 4.35.